The molecular weight excluding hydrogens is 293 g/mol. The molecule has 0 spiro atoms. The van der Waals surface area contributed by atoms with Crippen LogP contribution < -0.4 is 0 Å². The van der Waals surface area contributed by atoms with Crippen LogP contribution in [-0.2, 0) is 15.2 Å². The normalized spacial score (nSPS) is 24.7. The number of benzene rings is 1. The Hall–Kier alpha value is -1.07. The Labute approximate surface area is 124 Å². The van der Waals surface area contributed by atoms with Crippen LogP contribution in [0.2, 0.25) is 0 Å². The second-order valence-electron chi connectivity index (χ2n) is 5.28. The van der Waals surface area contributed by atoms with Crippen molar-refractivity contribution in [3.05, 3.63) is 39.9 Å². The van der Waals surface area contributed by atoms with E-state index in [-0.39, 0.29) is 17.5 Å². The lowest BCUT2D eigenvalue weighted by Crippen LogP contribution is -2.37. The third kappa shape index (κ3) is 3.77. The Balaban J connectivity index is 2.11. The summed E-state index contributed by atoms with van der Waals surface area (Å²) in [4.78, 5) is 20.8. The van der Waals surface area contributed by atoms with Gasteiger partial charge in [-0.3, -0.25) is 10.1 Å². The second-order valence-corrected chi connectivity index (χ2v) is 7.32. The fourth-order valence-electron chi connectivity index (χ4n) is 2.51. The molecule has 1 saturated heterocycles. The lowest BCUT2D eigenvalue weighted by molar-refractivity contribution is -0.384. The van der Waals surface area contributed by atoms with Crippen LogP contribution in [0.25, 0.3) is 0 Å². The number of rotatable bonds is 5. The molecule has 0 radical (unpaired) electrons. The van der Waals surface area contributed by atoms with Gasteiger partial charge in [0.2, 0.25) is 0 Å². The maximum absolute atomic E-state index is 10.6. The van der Waals surface area contributed by atoms with Gasteiger partial charge >= 0.3 is 7.94 Å². The van der Waals surface area contributed by atoms with Crippen molar-refractivity contribution in [2.24, 2.45) is 0 Å². The van der Waals surface area contributed by atoms with Crippen LogP contribution in [0.15, 0.2) is 24.3 Å². The zero-order chi connectivity index (χ0) is 15.5. The first-order valence-electron chi connectivity index (χ1n) is 7.11. The first kappa shape index (κ1) is 16.3. The molecule has 0 aliphatic carbocycles. The molecule has 0 aromatic heterocycles. The van der Waals surface area contributed by atoms with Crippen molar-refractivity contribution in [2.45, 2.75) is 44.9 Å². The minimum Gasteiger partial charge on any atom is -0.258 e. The van der Waals surface area contributed by atoms with Gasteiger partial charge in [0.15, 0.2) is 6.16 Å². The van der Waals surface area contributed by atoms with Crippen LogP contribution in [0.4, 0.5) is 5.69 Å². The van der Waals surface area contributed by atoms with Gasteiger partial charge in [0.1, 0.15) is 12.2 Å². The van der Waals surface area contributed by atoms with Crippen molar-refractivity contribution in [1.29, 1.82) is 0 Å². The van der Waals surface area contributed by atoms with E-state index in [4.69, 9.17) is 9.05 Å². The fourth-order valence-corrected chi connectivity index (χ4v) is 4.73. The van der Waals surface area contributed by atoms with E-state index in [2.05, 4.69) is 0 Å². The molecule has 1 heterocycles. The number of nitro benzene ring substituents is 1. The Morgan fingerprint density at radius 1 is 1.33 bits per heavy atom. The summed E-state index contributed by atoms with van der Waals surface area (Å²) < 4.78 is 11.5. The lowest BCUT2D eigenvalue weighted by atomic mass is 9.94. The first-order valence-corrected chi connectivity index (χ1v) is 8.88. The predicted molar refractivity (Wildman–Crippen MR) is 80.9 cm³/mol. The first-order chi connectivity index (χ1) is 9.92. The Morgan fingerprint density at radius 3 is 2.48 bits per heavy atom. The average Bonchev–Trinajstić information content (AvgIpc) is 2.47. The summed E-state index contributed by atoms with van der Waals surface area (Å²) in [5.41, 5.74) is 0.493. The van der Waals surface area contributed by atoms with Gasteiger partial charge in [0.25, 0.3) is 5.69 Å². The molecule has 21 heavy (non-hydrogen) atoms. The van der Waals surface area contributed by atoms with Crippen LogP contribution in [0.5, 0.6) is 0 Å². The van der Waals surface area contributed by atoms with E-state index in [0.717, 1.165) is 24.8 Å². The molecular formula is C14H21NO5P+. The SMILES string of the molecule is CCC1(CC)CCO[P+](O)(Cc2ccc([N+](=O)[O-])cc2)O1. The molecule has 1 aromatic rings. The van der Waals surface area contributed by atoms with Crippen molar-refractivity contribution in [3.8, 4) is 0 Å². The average molecular weight is 314 g/mol. The molecule has 7 heteroatoms. The topological polar surface area (TPSA) is 81.8 Å². The summed E-state index contributed by atoms with van der Waals surface area (Å²) in [6.45, 7) is 4.58. The highest BCUT2D eigenvalue weighted by Gasteiger charge is 2.52. The number of non-ortho nitro benzene ring substituents is 1. The van der Waals surface area contributed by atoms with E-state index in [9.17, 15) is 15.0 Å². The number of hydrogen-bond acceptors (Lipinski definition) is 5. The van der Waals surface area contributed by atoms with Crippen LogP contribution >= 0.6 is 7.94 Å². The van der Waals surface area contributed by atoms with E-state index >= 15 is 0 Å². The van der Waals surface area contributed by atoms with Gasteiger partial charge in [-0.15, -0.1) is 0 Å². The highest BCUT2D eigenvalue weighted by atomic mass is 31.2. The van der Waals surface area contributed by atoms with Gasteiger partial charge in [0, 0.05) is 18.6 Å². The van der Waals surface area contributed by atoms with Crippen LogP contribution in [-0.4, -0.2) is 22.0 Å². The van der Waals surface area contributed by atoms with E-state index in [0.29, 0.717) is 6.61 Å². The highest BCUT2D eigenvalue weighted by molar-refractivity contribution is 7.59. The van der Waals surface area contributed by atoms with Crippen LogP contribution in [0.3, 0.4) is 0 Å². The standard InChI is InChI=1S/C14H21NO5P/c1-3-14(4-2)9-10-19-21(18,20-14)11-12-5-7-13(8-6-12)15(16)17/h5-8,18H,3-4,9-11H2,1-2H3/q+1. The zero-order valence-corrected chi connectivity index (χ0v) is 13.2. The number of hydrogen-bond donors (Lipinski definition) is 1. The molecule has 1 aliphatic heterocycles. The second kappa shape index (κ2) is 6.36. The molecule has 0 amide bonds. The van der Waals surface area contributed by atoms with Gasteiger partial charge in [-0.2, -0.15) is 13.9 Å². The largest absolute Gasteiger partial charge is 0.414 e. The summed E-state index contributed by atoms with van der Waals surface area (Å²) in [6, 6.07) is 6.13. The minimum absolute atomic E-state index is 0.0333. The highest BCUT2D eigenvalue weighted by Crippen LogP contribution is 2.65. The molecule has 2 rings (SSSR count). The molecule has 1 aromatic carbocycles. The van der Waals surface area contributed by atoms with Gasteiger partial charge in [-0.05, 0) is 30.5 Å². The van der Waals surface area contributed by atoms with Crippen LogP contribution in [0.1, 0.15) is 38.7 Å². The van der Waals surface area contributed by atoms with E-state index < -0.39 is 12.9 Å². The summed E-state index contributed by atoms with van der Waals surface area (Å²) >= 11 is 0. The monoisotopic (exact) mass is 314 g/mol. The van der Waals surface area contributed by atoms with E-state index in [1.165, 1.54) is 12.1 Å². The van der Waals surface area contributed by atoms with Crippen molar-refractivity contribution in [3.63, 3.8) is 0 Å². The smallest absolute Gasteiger partial charge is 0.258 e. The van der Waals surface area contributed by atoms with Gasteiger partial charge < -0.3 is 0 Å². The predicted octanol–water partition coefficient (Wildman–Crippen LogP) is 3.85. The zero-order valence-electron chi connectivity index (χ0n) is 12.3. The molecule has 1 fully saturated rings. The molecule has 1 unspecified atom stereocenters. The molecule has 6 nitrogen and oxygen atoms in total. The van der Waals surface area contributed by atoms with Gasteiger partial charge in [0.05, 0.1) is 4.92 Å². The summed E-state index contributed by atoms with van der Waals surface area (Å²) in [5, 5.41) is 10.6. The van der Waals surface area contributed by atoms with Crippen molar-refractivity contribution in [2.75, 3.05) is 6.61 Å². The molecule has 0 bridgehead atoms. The molecule has 116 valence electrons. The van der Waals surface area contributed by atoms with Crippen LogP contribution in [0, 0.1) is 10.1 Å². The molecule has 1 atom stereocenters. The maximum Gasteiger partial charge on any atom is 0.414 e. The Bertz CT molecular complexity index is 503. The van der Waals surface area contributed by atoms with Crippen molar-refractivity contribution >= 4 is 13.6 Å². The minimum atomic E-state index is -2.95. The summed E-state index contributed by atoms with van der Waals surface area (Å²) in [5.74, 6) is 0. The Morgan fingerprint density at radius 2 is 1.95 bits per heavy atom. The van der Waals surface area contributed by atoms with Gasteiger partial charge in [-0.25, -0.2) is 0 Å². The van der Waals surface area contributed by atoms with Gasteiger partial charge in [-0.1, -0.05) is 13.8 Å². The number of nitro groups is 1. The molecule has 1 N–H and O–H groups in total. The Kier molecular flexibility index (Phi) is 4.94. The quantitative estimate of drug-likeness (QED) is 0.507. The summed E-state index contributed by atoms with van der Waals surface area (Å²) in [6.07, 6.45) is 2.69. The lowest BCUT2D eigenvalue weighted by Gasteiger charge is -2.36. The fraction of sp³-hybridized carbons (Fsp3) is 0.571. The third-order valence-corrected chi connectivity index (χ3v) is 6.03. The van der Waals surface area contributed by atoms with Crippen molar-refractivity contribution < 1.29 is 18.9 Å². The van der Waals surface area contributed by atoms with Crippen molar-refractivity contribution in [1.82, 2.24) is 0 Å². The molecule has 1 aliphatic rings. The summed E-state index contributed by atoms with van der Waals surface area (Å²) in [7, 11) is -2.95. The third-order valence-electron chi connectivity index (χ3n) is 4.01. The molecule has 0 saturated carbocycles. The van der Waals surface area contributed by atoms with E-state index in [1.807, 2.05) is 13.8 Å². The number of nitrogens with zero attached hydrogens (tertiary/aromatic N) is 1. The van der Waals surface area contributed by atoms with E-state index in [1.54, 1.807) is 12.1 Å². The maximum atomic E-state index is 10.6.